The molecule has 0 aliphatic carbocycles. The van der Waals surface area contributed by atoms with Crippen molar-refractivity contribution in [3.63, 3.8) is 0 Å². The van der Waals surface area contributed by atoms with Crippen molar-refractivity contribution in [2.24, 2.45) is 0 Å². The summed E-state index contributed by atoms with van der Waals surface area (Å²) >= 11 is 0. The third-order valence-corrected chi connectivity index (χ3v) is 5.00. The second kappa shape index (κ2) is 5.76. The van der Waals surface area contributed by atoms with E-state index in [1.807, 2.05) is 0 Å². The first-order valence-corrected chi connectivity index (χ1v) is 8.49. The summed E-state index contributed by atoms with van der Waals surface area (Å²) in [5.41, 5.74) is 0. The first kappa shape index (κ1) is 14.5. The van der Waals surface area contributed by atoms with Crippen molar-refractivity contribution in [3.05, 3.63) is 36.3 Å². The largest absolute Gasteiger partial charge is 0.459 e. The van der Waals surface area contributed by atoms with Crippen LogP contribution in [0.1, 0.15) is 17.0 Å². The van der Waals surface area contributed by atoms with Crippen molar-refractivity contribution < 1.29 is 17.6 Å². The van der Waals surface area contributed by atoms with E-state index in [-0.39, 0.29) is 29.1 Å². The van der Waals surface area contributed by atoms with E-state index in [9.17, 15) is 13.2 Å². The maximum Gasteiger partial charge on any atom is 0.292 e. The van der Waals surface area contributed by atoms with Gasteiger partial charge < -0.3 is 15.1 Å². The molecule has 1 unspecified atom stereocenters. The van der Waals surface area contributed by atoms with Gasteiger partial charge in [0.25, 0.3) is 5.91 Å². The molecule has 9 heteroatoms. The molecule has 0 aromatic carbocycles. The zero-order chi connectivity index (χ0) is 15.6. The summed E-state index contributed by atoms with van der Waals surface area (Å²) in [7, 11) is -2.94. The molecule has 1 aliphatic rings. The molecule has 8 nitrogen and oxygen atoms in total. The Balaban J connectivity index is 1.60. The van der Waals surface area contributed by atoms with Gasteiger partial charge in [-0.05, 0) is 30.7 Å². The smallest absolute Gasteiger partial charge is 0.292 e. The van der Waals surface area contributed by atoms with E-state index in [4.69, 9.17) is 4.42 Å². The summed E-state index contributed by atoms with van der Waals surface area (Å²) in [5, 5.41) is 13.4. The second-order valence-electron chi connectivity index (χ2n) is 4.98. The number of furan rings is 1. The van der Waals surface area contributed by atoms with Crippen molar-refractivity contribution in [2.75, 3.05) is 22.1 Å². The van der Waals surface area contributed by atoms with Gasteiger partial charge in [0.2, 0.25) is 0 Å². The molecular weight excluding hydrogens is 308 g/mol. The molecule has 1 atom stereocenters. The molecule has 1 amide bonds. The van der Waals surface area contributed by atoms with Crippen LogP contribution in [0.15, 0.2) is 34.9 Å². The Morgan fingerprint density at radius 2 is 2.00 bits per heavy atom. The van der Waals surface area contributed by atoms with Gasteiger partial charge in [-0.2, -0.15) is 0 Å². The summed E-state index contributed by atoms with van der Waals surface area (Å²) in [6.45, 7) is 0. The van der Waals surface area contributed by atoms with Gasteiger partial charge in [-0.3, -0.25) is 4.79 Å². The number of carbonyl (C=O) groups is 1. The zero-order valence-electron chi connectivity index (χ0n) is 11.5. The Labute approximate surface area is 126 Å². The predicted molar refractivity (Wildman–Crippen MR) is 79.4 cm³/mol. The monoisotopic (exact) mass is 322 g/mol. The van der Waals surface area contributed by atoms with Gasteiger partial charge in [-0.1, -0.05) is 0 Å². The summed E-state index contributed by atoms with van der Waals surface area (Å²) in [4.78, 5) is 11.8. The molecule has 1 aliphatic heterocycles. The standard InChI is InChI=1S/C13H14N4O4S/c18-13(10-2-1-6-21-10)15-12-4-3-11(16-17-12)14-9-5-7-22(19,20)8-9/h1-4,6,9H,5,7-8H2,(H,14,16)(H,15,17,18). The Morgan fingerprint density at radius 1 is 1.23 bits per heavy atom. The van der Waals surface area contributed by atoms with E-state index in [0.29, 0.717) is 12.2 Å². The highest BCUT2D eigenvalue weighted by molar-refractivity contribution is 7.91. The van der Waals surface area contributed by atoms with Crippen molar-refractivity contribution in [2.45, 2.75) is 12.5 Å². The molecule has 1 saturated heterocycles. The number of anilines is 2. The predicted octanol–water partition coefficient (Wildman–Crippen LogP) is 0.921. The zero-order valence-corrected chi connectivity index (χ0v) is 12.3. The highest BCUT2D eigenvalue weighted by atomic mass is 32.2. The van der Waals surface area contributed by atoms with Crippen LogP contribution in [0.2, 0.25) is 0 Å². The van der Waals surface area contributed by atoms with Gasteiger partial charge in [0.15, 0.2) is 21.4 Å². The molecule has 116 valence electrons. The van der Waals surface area contributed by atoms with Crippen molar-refractivity contribution in [3.8, 4) is 0 Å². The molecule has 0 spiro atoms. The summed E-state index contributed by atoms with van der Waals surface area (Å²) in [5.74, 6) is 0.812. The average molecular weight is 322 g/mol. The minimum atomic E-state index is -2.94. The van der Waals surface area contributed by atoms with E-state index in [0.717, 1.165) is 0 Å². The first-order valence-electron chi connectivity index (χ1n) is 6.67. The van der Waals surface area contributed by atoms with Crippen molar-refractivity contribution in [1.82, 2.24) is 10.2 Å². The first-order chi connectivity index (χ1) is 10.5. The number of nitrogens with zero attached hydrogens (tertiary/aromatic N) is 2. The third kappa shape index (κ3) is 3.42. The maximum absolute atomic E-state index is 11.8. The minimum Gasteiger partial charge on any atom is -0.459 e. The molecule has 3 rings (SSSR count). The van der Waals surface area contributed by atoms with Gasteiger partial charge >= 0.3 is 0 Å². The van der Waals surface area contributed by atoms with Crippen LogP contribution in [0.25, 0.3) is 0 Å². The van der Waals surface area contributed by atoms with Gasteiger partial charge in [-0.15, -0.1) is 10.2 Å². The fourth-order valence-corrected chi connectivity index (χ4v) is 3.85. The summed E-state index contributed by atoms with van der Waals surface area (Å²) < 4.78 is 27.7. The number of rotatable bonds is 4. The van der Waals surface area contributed by atoms with Crippen LogP contribution >= 0.6 is 0 Å². The second-order valence-corrected chi connectivity index (χ2v) is 7.21. The SMILES string of the molecule is O=C(Nc1ccc(NC2CCS(=O)(=O)C2)nn1)c1ccco1. The fraction of sp³-hybridized carbons (Fsp3) is 0.308. The van der Waals surface area contributed by atoms with Gasteiger partial charge in [0.1, 0.15) is 5.82 Å². The van der Waals surface area contributed by atoms with Gasteiger partial charge in [0, 0.05) is 6.04 Å². The maximum atomic E-state index is 11.8. The van der Waals surface area contributed by atoms with Gasteiger partial charge in [-0.25, -0.2) is 8.42 Å². The molecule has 0 bridgehead atoms. The molecule has 2 aromatic heterocycles. The average Bonchev–Trinajstić information content (AvgIpc) is 3.11. The number of nitrogens with one attached hydrogen (secondary N) is 2. The van der Waals surface area contributed by atoms with Gasteiger partial charge in [0.05, 0.1) is 17.8 Å². The Kier molecular flexibility index (Phi) is 3.80. The molecule has 1 fully saturated rings. The van der Waals surface area contributed by atoms with E-state index >= 15 is 0 Å². The number of hydrogen-bond acceptors (Lipinski definition) is 7. The number of aromatic nitrogens is 2. The van der Waals surface area contributed by atoms with Crippen LogP contribution in [0.4, 0.5) is 11.6 Å². The number of carbonyl (C=O) groups excluding carboxylic acids is 1. The molecule has 2 aromatic rings. The quantitative estimate of drug-likeness (QED) is 0.860. The van der Waals surface area contributed by atoms with Crippen LogP contribution in [0.5, 0.6) is 0 Å². The summed E-state index contributed by atoms with van der Waals surface area (Å²) in [6.07, 6.45) is 1.96. The lowest BCUT2D eigenvalue weighted by Crippen LogP contribution is -2.21. The lowest BCUT2D eigenvalue weighted by Gasteiger charge is -2.10. The lowest BCUT2D eigenvalue weighted by molar-refractivity contribution is 0.0996. The minimum absolute atomic E-state index is 0.103. The number of amides is 1. The normalized spacial score (nSPS) is 19.7. The number of hydrogen-bond donors (Lipinski definition) is 2. The highest BCUT2D eigenvalue weighted by Crippen LogP contribution is 2.16. The molecule has 0 saturated carbocycles. The van der Waals surface area contributed by atoms with E-state index < -0.39 is 15.7 Å². The molecule has 2 N–H and O–H groups in total. The van der Waals surface area contributed by atoms with Crippen LogP contribution in [-0.4, -0.2) is 42.1 Å². The van der Waals surface area contributed by atoms with Crippen LogP contribution < -0.4 is 10.6 Å². The lowest BCUT2D eigenvalue weighted by atomic mass is 10.2. The van der Waals surface area contributed by atoms with Crippen molar-refractivity contribution in [1.29, 1.82) is 0 Å². The Bertz CT molecular complexity index is 756. The number of sulfone groups is 1. The highest BCUT2D eigenvalue weighted by Gasteiger charge is 2.27. The topological polar surface area (TPSA) is 114 Å². The Hall–Kier alpha value is -2.42. The molecule has 3 heterocycles. The molecular formula is C13H14N4O4S. The van der Waals surface area contributed by atoms with E-state index in [1.165, 1.54) is 6.26 Å². The Morgan fingerprint density at radius 3 is 2.59 bits per heavy atom. The molecule has 0 radical (unpaired) electrons. The van der Waals surface area contributed by atoms with E-state index in [2.05, 4.69) is 20.8 Å². The van der Waals surface area contributed by atoms with Crippen molar-refractivity contribution >= 4 is 27.4 Å². The third-order valence-electron chi connectivity index (χ3n) is 3.24. The van der Waals surface area contributed by atoms with Crippen LogP contribution in [0, 0.1) is 0 Å². The summed E-state index contributed by atoms with van der Waals surface area (Å²) in [6, 6.07) is 6.22. The van der Waals surface area contributed by atoms with E-state index in [1.54, 1.807) is 24.3 Å². The van der Waals surface area contributed by atoms with Crippen LogP contribution in [0.3, 0.4) is 0 Å². The fourth-order valence-electron chi connectivity index (χ4n) is 2.18. The molecule has 22 heavy (non-hydrogen) atoms. The van der Waals surface area contributed by atoms with Crippen LogP contribution in [-0.2, 0) is 9.84 Å².